The van der Waals surface area contributed by atoms with Crippen molar-refractivity contribution in [3.63, 3.8) is 0 Å². The van der Waals surface area contributed by atoms with Crippen LogP contribution in [0.5, 0.6) is 5.75 Å². The van der Waals surface area contributed by atoms with Crippen molar-refractivity contribution in [3.8, 4) is 17.1 Å². The summed E-state index contributed by atoms with van der Waals surface area (Å²) in [6, 6.07) is 3.94. The van der Waals surface area contributed by atoms with Gasteiger partial charge in [-0.05, 0) is 100 Å². The molecule has 3 nitrogen and oxygen atoms in total. The van der Waals surface area contributed by atoms with E-state index < -0.39 is 0 Å². The Hall–Kier alpha value is -2.55. The van der Waals surface area contributed by atoms with Crippen LogP contribution in [0.1, 0.15) is 45.9 Å². The van der Waals surface area contributed by atoms with Gasteiger partial charge in [0.1, 0.15) is 5.58 Å². The van der Waals surface area contributed by atoms with Gasteiger partial charge < -0.3 is 9.15 Å². The van der Waals surface area contributed by atoms with Crippen molar-refractivity contribution in [2.75, 3.05) is 6.61 Å². The second-order valence-corrected chi connectivity index (χ2v) is 7.48. The van der Waals surface area contributed by atoms with Gasteiger partial charge in [-0.3, -0.25) is 4.79 Å². The summed E-state index contributed by atoms with van der Waals surface area (Å²) in [4.78, 5) is 13.3. The highest BCUT2D eigenvalue weighted by Crippen LogP contribution is 2.39. The highest BCUT2D eigenvalue weighted by atomic mass is 16.5. The Bertz CT molecular complexity index is 1090. The second kappa shape index (κ2) is 6.88. The smallest absolute Gasteiger partial charge is 0.235 e. The van der Waals surface area contributed by atoms with E-state index in [1.165, 1.54) is 16.7 Å². The lowest BCUT2D eigenvalue weighted by molar-refractivity contribution is 0.330. The number of hydrogen-bond acceptors (Lipinski definition) is 3. The first kappa shape index (κ1) is 19.2. The summed E-state index contributed by atoms with van der Waals surface area (Å²) in [6.45, 7) is 16.8. The summed E-state index contributed by atoms with van der Waals surface area (Å²) in [7, 11) is 0. The molecule has 1 heterocycles. The fourth-order valence-electron chi connectivity index (χ4n) is 3.95. The first-order chi connectivity index (χ1) is 12.7. The zero-order valence-corrected chi connectivity index (χ0v) is 17.6. The fourth-order valence-corrected chi connectivity index (χ4v) is 3.95. The van der Waals surface area contributed by atoms with E-state index in [1.807, 2.05) is 32.9 Å². The molecule has 3 heteroatoms. The topological polar surface area (TPSA) is 39.4 Å². The van der Waals surface area contributed by atoms with Crippen LogP contribution in [0.25, 0.3) is 22.3 Å². The number of aryl methyl sites for hydroxylation is 2. The maximum absolute atomic E-state index is 13.3. The van der Waals surface area contributed by atoms with Gasteiger partial charge in [-0.25, -0.2) is 0 Å². The van der Waals surface area contributed by atoms with E-state index in [-0.39, 0.29) is 5.43 Å². The van der Waals surface area contributed by atoms with Crippen molar-refractivity contribution in [3.05, 3.63) is 61.3 Å². The molecule has 27 heavy (non-hydrogen) atoms. The summed E-state index contributed by atoms with van der Waals surface area (Å²) in [5.41, 5.74) is 9.45. The van der Waals surface area contributed by atoms with Gasteiger partial charge in [-0.15, -0.1) is 0 Å². The molecule has 3 rings (SSSR count). The van der Waals surface area contributed by atoms with Gasteiger partial charge in [0.15, 0.2) is 5.76 Å². The van der Waals surface area contributed by atoms with E-state index in [4.69, 9.17) is 9.15 Å². The molecular formula is C24H28O3. The Balaban J connectivity index is 2.53. The van der Waals surface area contributed by atoms with Crippen molar-refractivity contribution in [2.24, 2.45) is 0 Å². The predicted molar refractivity (Wildman–Crippen MR) is 112 cm³/mol. The van der Waals surface area contributed by atoms with Crippen LogP contribution in [0, 0.1) is 48.5 Å². The molecule has 0 aliphatic heterocycles. The number of benzene rings is 2. The van der Waals surface area contributed by atoms with Crippen LogP contribution < -0.4 is 10.2 Å². The van der Waals surface area contributed by atoms with Gasteiger partial charge in [0.2, 0.25) is 11.2 Å². The minimum absolute atomic E-state index is 0.0970. The Kier molecular flexibility index (Phi) is 4.90. The Labute approximate surface area is 161 Å². The van der Waals surface area contributed by atoms with Gasteiger partial charge >= 0.3 is 0 Å². The molecule has 0 aliphatic carbocycles. The van der Waals surface area contributed by atoms with E-state index >= 15 is 0 Å². The molecule has 0 saturated carbocycles. The molecule has 0 amide bonds. The van der Waals surface area contributed by atoms with E-state index in [0.717, 1.165) is 27.8 Å². The zero-order chi connectivity index (χ0) is 20.0. The first-order valence-electron chi connectivity index (χ1n) is 9.47. The lowest BCUT2D eigenvalue weighted by Gasteiger charge is -2.20. The molecule has 0 radical (unpaired) electrons. The normalized spacial score (nSPS) is 11.3. The monoisotopic (exact) mass is 364 g/mol. The van der Waals surface area contributed by atoms with Crippen LogP contribution >= 0.6 is 0 Å². The van der Waals surface area contributed by atoms with Gasteiger partial charge in [0.05, 0.1) is 12.0 Å². The van der Waals surface area contributed by atoms with E-state index in [1.54, 1.807) is 0 Å². The van der Waals surface area contributed by atoms with Crippen LogP contribution in [0.15, 0.2) is 21.3 Å². The Morgan fingerprint density at radius 1 is 0.852 bits per heavy atom. The molecule has 0 bridgehead atoms. The maximum atomic E-state index is 13.3. The molecule has 3 aromatic rings. The average Bonchev–Trinajstić information content (AvgIpc) is 2.60. The largest absolute Gasteiger partial charge is 0.487 e. The molecule has 0 spiro atoms. The van der Waals surface area contributed by atoms with Crippen molar-refractivity contribution < 1.29 is 9.15 Å². The van der Waals surface area contributed by atoms with Crippen LogP contribution in [0.4, 0.5) is 0 Å². The lowest BCUT2D eigenvalue weighted by atomic mass is 9.88. The van der Waals surface area contributed by atoms with Crippen molar-refractivity contribution in [1.29, 1.82) is 0 Å². The molecule has 2 aromatic carbocycles. The molecule has 0 saturated heterocycles. The number of hydrogen-bond donors (Lipinski definition) is 0. The molecule has 0 N–H and O–H groups in total. The molecular weight excluding hydrogens is 336 g/mol. The number of ether oxygens (including phenoxy) is 1. The summed E-state index contributed by atoms with van der Waals surface area (Å²) in [5, 5.41) is 0.601. The average molecular weight is 364 g/mol. The van der Waals surface area contributed by atoms with Crippen LogP contribution in [-0.4, -0.2) is 6.61 Å². The standard InChI is InChI=1S/C24H28O3/c1-9-26-24-22(25)20-13(3)10-12(2)11-19(20)27-23(24)21-17(7)15(5)14(4)16(6)18(21)8/h10-11H,9H2,1-8H3. The quantitative estimate of drug-likeness (QED) is 0.570. The van der Waals surface area contributed by atoms with Crippen LogP contribution in [0.3, 0.4) is 0 Å². The van der Waals surface area contributed by atoms with Gasteiger partial charge in [-0.1, -0.05) is 6.07 Å². The molecule has 0 aliphatic rings. The van der Waals surface area contributed by atoms with E-state index in [2.05, 4.69) is 34.6 Å². The summed E-state index contributed by atoms with van der Waals surface area (Å²) >= 11 is 0. The molecule has 0 unspecified atom stereocenters. The molecule has 0 fully saturated rings. The number of rotatable bonds is 3. The second-order valence-electron chi connectivity index (χ2n) is 7.48. The summed E-state index contributed by atoms with van der Waals surface area (Å²) < 4.78 is 12.2. The first-order valence-corrected chi connectivity index (χ1v) is 9.47. The third kappa shape index (κ3) is 2.95. The predicted octanol–water partition coefficient (Wildman–Crippen LogP) is 6.02. The molecule has 0 atom stereocenters. The maximum Gasteiger partial charge on any atom is 0.235 e. The highest BCUT2D eigenvalue weighted by molar-refractivity contribution is 5.86. The number of fused-ring (bicyclic) bond motifs is 1. The molecule has 142 valence electrons. The Morgan fingerprint density at radius 2 is 1.41 bits per heavy atom. The van der Waals surface area contributed by atoms with Crippen molar-refractivity contribution in [2.45, 2.75) is 55.4 Å². The van der Waals surface area contributed by atoms with Gasteiger partial charge in [0, 0.05) is 5.56 Å². The highest BCUT2D eigenvalue weighted by Gasteiger charge is 2.23. The Morgan fingerprint density at radius 3 is 1.96 bits per heavy atom. The van der Waals surface area contributed by atoms with E-state index in [9.17, 15) is 4.79 Å². The van der Waals surface area contributed by atoms with Crippen LogP contribution in [0.2, 0.25) is 0 Å². The van der Waals surface area contributed by atoms with Crippen molar-refractivity contribution >= 4 is 11.0 Å². The summed E-state index contributed by atoms with van der Waals surface area (Å²) in [6.07, 6.45) is 0. The lowest BCUT2D eigenvalue weighted by Crippen LogP contribution is -2.12. The third-order valence-electron chi connectivity index (χ3n) is 5.81. The SMILES string of the molecule is CCOc1c(-c2c(C)c(C)c(C)c(C)c2C)oc2cc(C)cc(C)c2c1=O. The zero-order valence-electron chi connectivity index (χ0n) is 17.6. The van der Waals surface area contributed by atoms with Crippen molar-refractivity contribution in [1.82, 2.24) is 0 Å². The fraction of sp³-hybridized carbons (Fsp3) is 0.375. The third-order valence-corrected chi connectivity index (χ3v) is 5.81. The minimum atomic E-state index is -0.0970. The van der Waals surface area contributed by atoms with E-state index in [0.29, 0.717) is 29.1 Å². The molecule has 1 aromatic heterocycles. The summed E-state index contributed by atoms with van der Waals surface area (Å²) in [5.74, 6) is 0.853. The van der Waals surface area contributed by atoms with Gasteiger partial charge in [0.25, 0.3) is 0 Å². The van der Waals surface area contributed by atoms with Gasteiger partial charge in [-0.2, -0.15) is 0 Å². The minimum Gasteiger partial charge on any atom is -0.487 e. The van der Waals surface area contributed by atoms with Crippen LogP contribution in [-0.2, 0) is 0 Å².